The molecule has 4 nitrogen and oxygen atoms in total. The monoisotopic (exact) mass is 508 g/mol. The van der Waals surface area contributed by atoms with Gasteiger partial charge in [0.1, 0.15) is 5.01 Å². The van der Waals surface area contributed by atoms with Gasteiger partial charge in [0.25, 0.3) is 0 Å². The maximum Gasteiger partial charge on any atom is 0.212 e. The molecule has 2 atom stereocenters. The van der Waals surface area contributed by atoms with Gasteiger partial charge in [0.15, 0.2) is 0 Å². The Kier molecular flexibility index (Phi) is 6.78. The second-order valence-electron chi connectivity index (χ2n) is 10.8. The van der Waals surface area contributed by atoms with Crippen LogP contribution in [0.4, 0.5) is 5.69 Å². The van der Waals surface area contributed by atoms with Crippen LogP contribution in [0, 0.1) is 18.3 Å². The fraction of sp³-hybridized carbons (Fsp3) is 0.438. The minimum absolute atomic E-state index is 0.469. The maximum atomic E-state index is 5.55. The van der Waals surface area contributed by atoms with Crippen molar-refractivity contribution in [1.82, 2.24) is 14.6 Å². The lowest BCUT2D eigenvalue weighted by Crippen LogP contribution is -2.35. The van der Waals surface area contributed by atoms with Gasteiger partial charge in [-0.15, -0.1) is 6.42 Å². The summed E-state index contributed by atoms with van der Waals surface area (Å²) in [6, 6.07) is 13.5. The van der Waals surface area contributed by atoms with Gasteiger partial charge < -0.3 is 4.90 Å². The van der Waals surface area contributed by atoms with Crippen LogP contribution < -0.4 is 4.90 Å². The predicted octanol–water partition coefficient (Wildman–Crippen LogP) is 6.63. The van der Waals surface area contributed by atoms with Crippen LogP contribution in [0.25, 0.3) is 4.96 Å². The largest absolute Gasteiger partial charge is 0.371 e. The van der Waals surface area contributed by atoms with E-state index in [9.17, 15) is 0 Å². The second kappa shape index (κ2) is 10.3. The van der Waals surface area contributed by atoms with Crippen molar-refractivity contribution in [3.8, 4) is 12.3 Å². The van der Waals surface area contributed by atoms with Crippen molar-refractivity contribution < 1.29 is 0 Å². The lowest BCUT2D eigenvalue weighted by molar-refractivity contribution is 0.391. The third-order valence-corrected chi connectivity index (χ3v) is 9.45. The molecule has 2 aromatic carbocycles. The van der Waals surface area contributed by atoms with Gasteiger partial charge in [-0.25, -0.2) is 9.50 Å². The number of hydrogen-bond donors (Lipinski definition) is 0. The zero-order valence-corrected chi connectivity index (χ0v) is 22.9. The summed E-state index contributed by atoms with van der Waals surface area (Å²) < 4.78 is 2.00. The molecule has 0 bridgehead atoms. The average molecular weight is 509 g/mol. The van der Waals surface area contributed by atoms with Crippen LogP contribution in [0.1, 0.15) is 77.5 Å². The first-order valence-electron chi connectivity index (χ1n) is 13.9. The zero-order valence-electron chi connectivity index (χ0n) is 22.0. The molecule has 0 amide bonds. The van der Waals surface area contributed by atoms with Crippen molar-refractivity contribution in [2.24, 2.45) is 5.92 Å². The summed E-state index contributed by atoms with van der Waals surface area (Å²) in [6.07, 6.45) is 17.0. The molecule has 0 saturated carbocycles. The number of terminal acetylenes is 1. The molecular formula is C32H36N4S. The van der Waals surface area contributed by atoms with Crippen molar-refractivity contribution in [3.05, 3.63) is 81.1 Å². The van der Waals surface area contributed by atoms with Crippen LogP contribution in [0.15, 0.2) is 42.6 Å². The molecule has 1 fully saturated rings. The average Bonchev–Trinajstić information content (AvgIpc) is 3.65. The van der Waals surface area contributed by atoms with Crippen LogP contribution in [-0.2, 0) is 32.1 Å². The number of anilines is 1. The number of hydrogen-bond acceptors (Lipinski definition) is 4. The van der Waals surface area contributed by atoms with E-state index in [0.29, 0.717) is 5.92 Å². The first-order chi connectivity index (χ1) is 18.1. The fourth-order valence-corrected chi connectivity index (χ4v) is 7.12. The highest BCUT2D eigenvalue weighted by Gasteiger charge is 2.29. The summed E-state index contributed by atoms with van der Waals surface area (Å²) in [7, 11) is 0. The predicted molar refractivity (Wildman–Crippen MR) is 154 cm³/mol. The molecule has 5 heteroatoms. The Balaban J connectivity index is 1.16. The molecule has 190 valence electrons. The van der Waals surface area contributed by atoms with E-state index in [1.807, 2.05) is 4.52 Å². The minimum atomic E-state index is 0.469. The van der Waals surface area contributed by atoms with Crippen LogP contribution in [0.3, 0.4) is 0 Å². The number of nitrogens with zero attached hydrogens (tertiary/aromatic N) is 4. The van der Waals surface area contributed by atoms with E-state index >= 15 is 0 Å². The summed E-state index contributed by atoms with van der Waals surface area (Å²) >= 11 is 1.72. The number of rotatable bonds is 7. The molecule has 2 aromatic heterocycles. The number of benzene rings is 2. The highest BCUT2D eigenvalue weighted by atomic mass is 32.1. The van der Waals surface area contributed by atoms with Crippen LogP contribution in [-0.4, -0.2) is 27.7 Å². The lowest BCUT2D eigenvalue weighted by atomic mass is 9.88. The smallest absolute Gasteiger partial charge is 0.212 e. The van der Waals surface area contributed by atoms with Crippen molar-refractivity contribution >= 4 is 22.0 Å². The molecule has 37 heavy (non-hydrogen) atoms. The van der Waals surface area contributed by atoms with Gasteiger partial charge in [-0.05, 0) is 104 Å². The molecule has 1 aliphatic heterocycles. The number of piperidine rings is 1. The SMILES string of the molecule is C#Cc1ccc(N2CCCC(CCc3cc(CC)cc4c3CC(c3cn5nc(CC)sc5n3)C4)C2)cc1. The van der Waals surface area contributed by atoms with Gasteiger partial charge in [0.05, 0.1) is 11.9 Å². The number of aryl methyl sites for hydroxylation is 3. The van der Waals surface area contributed by atoms with E-state index in [0.717, 1.165) is 60.2 Å². The molecule has 0 radical (unpaired) electrons. The molecule has 1 saturated heterocycles. The zero-order chi connectivity index (χ0) is 25.4. The molecule has 4 aromatic rings. The normalized spacial score (nSPS) is 19.3. The lowest BCUT2D eigenvalue weighted by Gasteiger charge is -2.34. The van der Waals surface area contributed by atoms with E-state index < -0.39 is 0 Å². The van der Waals surface area contributed by atoms with Crippen molar-refractivity contribution in [1.29, 1.82) is 0 Å². The molecule has 6 rings (SSSR count). The third kappa shape index (κ3) is 4.92. The van der Waals surface area contributed by atoms with Gasteiger partial charge in [-0.2, -0.15) is 5.10 Å². The van der Waals surface area contributed by atoms with Gasteiger partial charge in [0, 0.05) is 30.3 Å². The van der Waals surface area contributed by atoms with Crippen LogP contribution in [0.5, 0.6) is 0 Å². The van der Waals surface area contributed by atoms with E-state index in [4.69, 9.17) is 16.5 Å². The second-order valence-corrected chi connectivity index (χ2v) is 11.8. The summed E-state index contributed by atoms with van der Waals surface area (Å²) in [5, 5.41) is 5.85. The van der Waals surface area contributed by atoms with Gasteiger partial charge in [-0.3, -0.25) is 0 Å². The highest BCUT2D eigenvalue weighted by Crippen LogP contribution is 2.38. The van der Waals surface area contributed by atoms with E-state index in [1.165, 1.54) is 42.6 Å². The fourth-order valence-electron chi connectivity index (χ4n) is 6.30. The number of imidazole rings is 1. The summed E-state index contributed by atoms with van der Waals surface area (Å²) in [6.45, 7) is 6.72. The molecule has 2 unspecified atom stereocenters. The number of fused-ring (bicyclic) bond motifs is 2. The molecule has 0 spiro atoms. The van der Waals surface area contributed by atoms with Gasteiger partial charge in [0.2, 0.25) is 4.96 Å². The first kappa shape index (κ1) is 24.2. The first-order valence-corrected chi connectivity index (χ1v) is 14.7. The molecule has 1 aliphatic carbocycles. The van der Waals surface area contributed by atoms with Gasteiger partial charge in [-0.1, -0.05) is 43.2 Å². The topological polar surface area (TPSA) is 33.4 Å². The van der Waals surface area contributed by atoms with Crippen LogP contribution >= 0.6 is 11.3 Å². The summed E-state index contributed by atoms with van der Waals surface area (Å²) in [5.74, 6) is 3.93. The Morgan fingerprint density at radius 2 is 1.97 bits per heavy atom. The number of aromatic nitrogens is 3. The quantitative estimate of drug-likeness (QED) is 0.263. The van der Waals surface area contributed by atoms with Gasteiger partial charge >= 0.3 is 0 Å². The Morgan fingerprint density at radius 3 is 2.73 bits per heavy atom. The molecule has 0 N–H and O–H groups in total. The molecule has 3 heterocycles. The van der Waals surface area contributed by atoms with Crippen molar-refractivity contribution in [2.45, 2.75) is 71.1 Å². The summed E-state index contributed by atoms with van der Waals surface area (Å²) in [5.41, 5.74) is 9.68. The third-order valence-electron chi connectivity index (χ3n) is 8.38. The standard InChI is InChI=1S/C32H36N4S/c1-4-22-10-13-28(14-11-22)35-15-7-8-24(20-35)9-12-25-16-23(5-2)17-26-18-27(19-29(25)26)30-21-36-32(33-30)37-31(6-3)34-36/h1,10-11,13-14,16-17,21,24,27H,5-9,12,15,18-20H2,2-3H3. The summed E-state index contributed by atoms with van der Waals surface area (Å²) in [4.78, 5) is 8.58. The molecule has 2 aliphatic rings. The van der Waals surface area contributed by atoms with E-state index in [-0.39, 0.29) is 0 Å². The Bertz CT molecular complexity index is 1410. The Morgan fingerprint density at radius 1 is 1.11 bits per heavy atom. The Hall–Kier alpha value is -3.10. The van der Waals surface area contributed by atoms with E-state index in [2.05, 4.69) is 67.3 Å². The highest BCUT2D eigenvalue weighted by molar-refractivity contribution is 7.16. The van der Waals surface area contributed by atoms with E-state index in [1.54, 1.807) is 28.0 Å². The van der Waals surface area contributed by atoms with Crippen LogP contribution in [0.2, 0.25) is 0 Å². The van der Waals surface area contributed by atoms with Crippen molar-refractivity contribution in [2.75, 3.05) is 18.0 Å². The molecular weight excluding hydrogens is 472 g/mol. The van der Waals surface area contributed by atoms with Crippen molar-refractivity contribution in [3.63, 3.8) is 0 Å². The maximum absolute atomic E-state index is 5.55. The Labute approximate surface area is 224 Å². The minimum Gasteiger partial charge on any atom is -0.371 e.